The van der Waals surface area contributed by atoms with Gasteiger partial charge < -0.3 is 5.11 Å². The van der Waals surface area contributed by atoms with Gasteiger partial charge in [0.15, 0.2) is 0 Å². The first-order chi connectivity index (χ1) is 6.06. The van der Waals surface area contributed by atoms with Gasteiger partial charge in [-0.1, -0.05) is 12.8 Å². The van der Waals surface area contributed by atoms with E-state index in [4.69, 9.17) is 9.66 Å². The summed E-state index contributed by atoms with van der Waals surface area (Å²) in [5.41, 5.74) is 0. The van der Waals surface area contributed by atoms with Gasteiger partial charge in [-0.05, 0) is 12.8 Å². The Morgan fingerprint density at radius 1 is 1.14 bits per heavy atom. The number of aliphatic hydroxyl groups is 1. The maximum absolute atomic E-state index is 10.0. The average molecular weight is 289 g/mol. The summed E-state index contributed by atoms with van der Waals surface area (Å²) in [5, 5.41) is 8.43. The summed E-state index contributed by atoms with van der Waals surface area (Å²) in [4.78, 5) is 0. The normalized spacial score (nSPS) is 11.0. The van der Waals surface area contributed by atoms with Crippen molar-refractivity contribution in [2.75, 3.05) is 12.4 Å². The van der Waals surface area contributed by atoms with Gasteiger partial charge in [0.25, 0.3) is 0 Å². The number of aliphatic hydroxyl groups excluding tert-OH is 1. The van der Waals surface area contributed by atoms with Crippen LogP contribution < -0.4 is 0 Å². The molecule has 0 saturated heterocycles. The fourth-order valence-corrected chi connectivity index (χ4v) is 1.80. The van der Waals surface area contributed by atoms with Crippen molar-refractivity contribution in [2.24, 2.45) is 0 Å². The molecule has 0 heterocycles. The van der Waals surface area contributed by atoms with Crippen LogP contribution in [-0.2, 0) is 30.5 Å². The summed E-state index contributed by atoms with van der Waals surface area (Å²) in [5.74, 6) is 0.519. The van der Waals surface area contributed by atoms with Gasteiger partial charge in [-0.25, -0.2) is 0 Å². The second-order valence-electron chi connectivity index (χ2n) is 2.46. The Kier molecular flexibility index (Phi) is 12.4. The van der Waals surface area contributed by atoms with E-state index in [2.05, 4.69) is 3.63 Å². The Morgan fingerprint density at radius 3 is 2.21 bits per heavy atom. The van der Waals surface area contributed by atoms with Crippen LogP contribution in [0.3, 0.4) is 0 Å². The average Bonchev–Trinajstić information content (AvgIpc) is 2.01. The van der Waals surface area contributed by atoms with Gasteiger partial charge in [-0.2, -0.15) is 12.0 Å². The molecule has 0 aliphatic rings. The van der Waals surface area contributed by atoms with Gasteiger partial charge >= 0.3 is 10.4 Å². The van der Waals surface area contributed by atoms with Crippen molar-refractivity contribution in [3.05, 3.63) is 0 Å². The van der Waals surface area contributed by atoms with Crippen LogP contribution >= 0.6 is 12.0 Å². The third-order valence-electron chi connectivity index (χ3n) is 1.27. The molecular formula is C6H14NiO5S2. The molecule has 0 fully saturated rings. The number of rotatable bonds is 8. The van der Waals surface area contributed by atoms with Crippen molar-refractivity contribution in [3.63, 3.8) is 0 Å². The summed E-state index contributed by atoms with van der Waals surface area (Å²) in [7, 11) is -4.30. The standard InChI is InChI=1S/C6H14O5S2.Ni/c7-5-3-1-2-4-6-12-11-13(8,9)10;/h7H,1-6H2,(H,8,9,10);. The van der Waals surface area contributed by atoms with Crippen molar-refractivity contribution in [3.8, 4) is 0 Å². The molecule has 0 aliphatic carbocycles. The van der Waals surface area contributed by atoms with Crippen LogP contribution in [0.25, 0.3) is 0 Å². The molecule has 0 aromatic carbocycles. The fourth-order valence-electron chi connectivity index (χ4n) is 0.721. The SMILES string of the molecule is O=S(=O)(O)OSCCCCCCO.[Ni]. The molecule has 90 valence electrons. The molecule has 8 heteroatoms. The van der Waals surface area contributed by atoms with E-state index in [0.717, 1.165) is 37.7 Å². The van der Waals surface area contributed by atoms with E-state index >= 15 is 0 Å². The topological polar surface area (TPSA) is 83.8 Å². The quantitative estimate of drug-likeness (QED) is 0.300. The number of unbranched alkanes of at least 4 members (excludes halogenated alkanes) is 3. The Balaban J connectivity index is 0. The summed E-state index contributed by atoms with van der Waals surface area (Å²) in [6.45, 7) is 0.189. The first-order valence-corrected chi connectivity index (χ1v) is 6.23. The smallest absolute Gasteiger partial charge is 0.396 e. The Bertz CT molecular complexity index is 206. The summed E-state index contributed by atoms with van der Waals surface area (Å²) in [6, 6.07) is 0. The molecule has 2 N–H and O–H groups in total. The molecule has 0 aliphatic heterocycles. The van der Waals surface area contributed by atoms with Crippen LogP contribution in [0.4, 0.5) is 0 Å². The van der Waals surface area contributed by atoms with Crippen molar-refractivity contribution in [2.45, 2.75) is 25.7 Å². The van der Waals surface area contributed by atoms with Crippen molar-refractivity contribution < 1.29 is 38.2 Å². The minimum atomic E-state index is -4.30. The fraction of sp³-hybridized carbons (Fsp3) is 1.00. The van der Waals surface area contributed by atoms with Crippen LogP contribution in [0, 0.1) is 0 Å². The summed E-state index contributed by atoms with van der Waals surface area (Å²) in [6.07, 6.45) is 3.41. The maximum Gasteiger partial charge on any atom is 0.408 e. The molecule has 0 radical (unpaired) electrons. The minimum absolute atomic E-state index is 0. The Hall–Kier alpha value is 0.674. The Morgan fingerprint density at radius 2 is 1.71 bits per heavy atom. The van der Waals surface area contributed by atoms with Gasteiger partial charge in [0, 0.05) is 40.9 Å². The molecule has 0 saturated carbocycles. The molecule has 0 spiro atoms. The molecule has 0 unspecified atom stereocenters. The summed E-state index contributed by atoms with van der Waals surface area (Å²) < 4.78 is 32.3. The first kappa shape index (κ1) is 17.1. The van der Waals surface area contributed by atoms with E-state index in [0.29, 0.717) is 5.75 Å². The molecule has 0 rings (SSSR count). The molecular weight excluding hydrogens is 275 g/mol. The van der Waals surface area contributed by atoms with Crippen LogP contribution in [0.15, 0.2) is 0 Å². The van der Waals surface area contributed by atoms with E-state index in [1.54, 1.807) is 0 Å². The van der Waals surface area contributed by atoms with Gasteiger partial charge in [-0.15, -0.1) is 0 Å². The van der Waals surface area contributed by atoms with Crippen molar-refractivity contribution in [1.82, 2.24) is 0 Å². The van der Waals surface area contributed by atoms with Crippen LogP contribution in [0.5, 0.6) is 0 Å². The molecule has 0 amide bonds. The zero-order valence-corrected chi connectivity index (χ0v) is 10.1. The monoisotopic (exact) mass is 288 g/mol. The molecule has 14 heavy (non-hydrogen) atoms. The van der Waals surface area contributed by atoms with Crippen molar-refractivity contribution >= 4 is 22.4 Å². The third-order valence-corrected chi connectivity index (χ3v) is 2.80. The maximum atomic E-state index is 10.0. The van der Waals surface area contributed by atoms with Gasteiger partial charge in [0.05, 0.1) is 0 Å². The molecule has 0 aromatic rings. The summed E-state index contributed by atoms with van der Waals surface area (Å²) >= 11 is 0.718. The number of hydrogen-bond acceptors (Lipinski definition) is 5. The van der Waals surface area contributed by atoms with Gasteiger partial charge in [0.1, 0.15) is 0 Å². The van der Waals surface area contributed by atoms with Gasteiger partial charge in [0.2, 0.25) is 0 Å². The Labute approximate surface area is 98.7 Å². The van der Waals surface area contributed by atoms with E-state index < -0.39 is 10.4 Å². The number of hydrogen-bond donors (Lipinski definition) is 2. The molecule has 0 bridgehead atoms. The molecule has 0 atom stereocenters. The van der Waals surface area contributed by atoms with Crippen molar-refractivity contribution in [1.29, 1.82) is 0 Å². The predicted molar refractivity (Wildman–Crippen MR) is 50.6 cm³/mol. The van der Waals surface area contributed by atoms with E-state index in [1.807, 2.05) is 0 Å². The van der Waals surface area contributed by atoms with Gasteiger partial charge in [-0.3, -0.25) is 4.55 Å². The second kappa shape index (κ2) is 10.2. The van der Waals surface area contributed by atoms with E-state index in [9.17, 15) is 8.42 Å². The zero-order valence-electron chi connectivity index (χ0n) is 7.49. The molecule has 5 nitrogen and oxygen atoms in total. The van der Waals surface area contributed by atoms with E-state index in [1.165, 1.54) is 0 Å². The third kappa shape index (κ3) is 15.2. The minimum Gasteiger partial charge on any atom is -0.396 e. The second-order valence-corrected chi connectivity index (χ2v) is 4.50. The van der Waals surface area contributed by atoms with Crippen LogP contribution in [0.1, 0.15) is 25.7 Å². The van der Waals surface area contributed by atoms with E-state index in [-0.39, 0.29) is 23.1 Å². The zero-order chi connectivity index (χ0) is 10.2. The predicted octanol–water partition coefficient (Wildman–Crippen LogP) is 1.00. The van der Waals surface area contributed by atoms with Crippen LogP contribution in [-0.4, -0.2) is 30.4 Å². The first-order valence-electron chi connectivity index (χ1n) is 3.95. The van der Waals surface area contributed by atoms with Crippen LogP contribution in [0.2, 0.25) is 0 Å². The molecule has 0 aromatic heterocycles. The largest absolute Gasteiger partial charge is 0.408 e.